The zero-order valence-corrected chi connectivity index (χ0v) is 14.4. The van der Waals surface area contributed by atoms with Crippen molar-refractivity contribution in [3.8, 4) is 5.75 Å². The molecule has 0 atom stereocenters. The van der Waals surface area contributed by atoms with E-state index in [4.69, 9.17) is 9.47 Å². The van der Waals surface area contributed by atoms with Crippen LogP contribution in [-0.4, -0.2) is 26.2 Å². The molecule has 0 unspecified atom stereocenters. The lowest BCUT2D eigenvalue weighted by molar-refractivity contribution is 0.102. The number of carbonyl (C=O) groups excluding carboxylic acids is 1. The van der Waals surface area contributed by atoms with Crippen LogP contribution in [0.15, 0.2) is 36.4 Å². The summed E-state index contributed by atoms with van der Waals surface area (Å²) in [6.07, 6.45) is 0. The predicted octanol–water partition coefficient (Wildman–Crippen LogP) is 3.85. The summed E-state index contributed by atoms with van der Waals surface area (Å²) in [5.74, 6) is -1.26. The van der Waals surface area contributed by atoms with Crippen LogP contribution in [-0.2, 0) is 4.74 Å². The molecular formula is C16H14F2INO3. The number of anilines is 1. The molecule has 0 aliphatic rings. The maximum Gasteiger partial charge on any atom is 0.255 e. The fourth-order valence-electron chi connectivity index (χ4n) is 1.79. The Balaban J connectivity index is 2.18. The quantitative estimate of drug-likeness (QED) is 0.557. The molecule has 122 valence electrons. The molecule has 1 amide bonds. The number of carbonyl (C=O) groups is 1. The Morgan fingerprint density at radius 3 is 2.65 bits per heavy atom. The lowest BCUT2D eigenvalue weighted by Crippen LogP contribution is -2.14. The van der Waals surface area contributed by atoms with Gasteiger partial charge in [0.2, 0.25) is 0 Å². The molecule has 4 nitrogen and oxygen atoms in total. The van der Waals surface area contributed by atoms with Crippen molar-refractivity contribution in [2.75, 3.05) is 25.6 Å². The van der Waals surface area contributed by atoms with E-state index in [9.17, 15) is 13.6 Å². The van der Waals surface area contributed by atoms with Crippen LogP contribution in [0.4, 0.5) is 14.5 Å². The van der Waals surface area contributed by atoms with Gasteiger partial charge in [-0.15, -0.1) is 0 Å². The number of benzene rings is 2. The highest BCUT2D eigenvalue weighted by atomic mass is 127. The monoisotopic (exact) mass is 433 g/mol. The van der Waals surface area contributed by atoms with Crippen LogP contribution in [0, 0.1) is 15.2 Å². The van der Waals surface area contributed by atoms with E-state index in [2.05, 4.69) is 5.32 Å². The third-order valence-electron chi connectivity index (χ3n) is 2.92. The first-order valence-electron chi connectivity index (χ1n) is 6.69. The van der Waals surface area contributed by atoms with Gasteiger partial charge in [-0.05, 0) is 52.9 Å². The second-order valence-electron chi connectivity index (χ2n) is 4.56. The summed E-state index contributed by atoms with van der Waals surface area (Å²) in [6, 6.07) is 7.89. The molecule has 2 aromatic carbocycles. The fraction of sp³-hybridized carbons (Fsp3) is 0.188. The Labute approximate surface area is 145 Å². The maximum absolute atomic E-state index is 13.5. The van der Waals surface area contributed by atoms with Crippen molar-refractivity contribution in [3.05, 3.63) is 57.2 Å². The van der Waals surface area contributed by atoms with Gasteiger partial charge in [0, 0.05) is 22.3 Å². The molecule has 0 aliphatic heterocycles. The molecule has 0 bridgehead atoms. The maximum atomic E-state index is 13.5. The third kappa shape index (κ3) is 4.87. The molecule has 1 N–H and O–H groups in total. The van der Waals surface area contributed by atoms with Gasteiger partial charge in [0.25, 0.3) is 5.91 Å². The summed E-state index contributed by atoms with van der Waals surface area (Å²) in [4.78, 5) is 12.2. The molecule has 7 heteroatoms. The Morgan fingerprint density at radius 1 is 1.17 bits per heavy atom. The van der Waals surface area contributed by atoms with Crippen molar-refractivity contribution in [3.63, 3.8) is 0 Å². The Bertz CT molecular complexity index is 710. The summed E-state index contributed by atoms with van der Waals surface area (Å²) in [5, 5.41) is 2.53. The van der Waals surface area contributed by atoms with E-state index in [1.807, 2.05) is 22.6 Å². The number of rotatable bonds is 6. The number of nitrogens with one attached hydrogen (secondary N) is 1. The summed E-state index contributed by atoms with van der Waals surface area (Å²) >= 11 is 1.83. The van der Waals surface area contributed by atoms with Crippen molar-refractivity contribution in [1.29, 1.82) is 0 Å². The largest absolute Gasteiger partial charge is 0.489 e. The van der Waals surface area contributed by atoms with Crippen molar-refractivity contribution in [2.24, 2.45) is 0 Å². The smallest absolute Gasteiger partial charge is 0.255 e. The molecule has 0 spiro atoms. The molecule has 0 saturated carbocycles. The standard InChI is InChI=1S/C16H14F2INO3/c1-22-6-7-23-15-5-3-11(17)9-14(15)20-16(21)10-2-4-13(19)12(18)8-10/h2-5,8-9H,6-7H2,1H3,(H,20,21). The van der Waals surface area contributed by atoms with Crippen LogP contribution in [0.5, 0.6) is 5.75 Å². The predicted molar refractivity (Wildman–Crippen MR) is 90.8 cm³/mol. The highest BCUT2D eigenvalue weighted by Crippen LogP contribution is 2.26. The Morgan fingerprint density at radius 2 is 1.96 bits per heavy atom. The molecule has 0 heterocycles. The van der Waals surface area contributed by atoms with Gasteiger partial charge in [0.15, 0.2) is 0 Å². The van der Waals surface area contributed by atoms with E-state index in [1.165, 1.54) is 31.4 Å². The minimum Gasteiger partial charge on any atom is -0.489 e. The van der Waals surface area contributed by atoms with Gasteiger partial charge in [-0.25, -0.2) is 8.78 Å². The number of halogens is 3. The van der Waals surface area contributed by atoms with Gasteiger partial charge in [-0.1, -0.05) is 0 Å². The van der Waals surface area contributed by atoms with Crippen molar-refractivity contribution >= 4 is 34.2 Å². The van der Waals surface area contributed by atoms with E-state index in [-0.39, 0.29) is 17.9 Å². The van der Waals surface area contributed by atoms with Crippen LogP contribution in [0.1, 0.15) is 10.4 Å². The minimum absolute atomic E-state index is 0.134. The summed E-state index contributed by atoms with van der Waals surface area (Å²) in [7, 11) is 1.53. The molecule has 0 aliphatic carbocycles. The third-order valence-corrected chi connectivity index (χ3v) is 3.79. The molecule has 0 radical (unpaired) electrons. The van der Waals surface area contributed by atoms with Crippen LogP contribution in [0.25, 0.3) is 0 Å². The van der Waals surface area contributed by atoms with Gasteiger partial charge < -0.3 is 14.8 Å². The van der Waals surface area contributed by atoms with Crippen LogP contribution in [0.2, 0.25) is 0 Å². The SMILES string of the molecule is COCCOc1ccc(F)cc1NC(=O)c1ccc(I)c(F)c1. The highest BCUT2D eigenvalue weighted by molar-refractivity contribution is 14.1. The molecule has 2 aromatic rings. The first-order chi connectivity index (χ1) is 11.0. The lowest BCUT2D eigenvalue weighted by atomic mass is 10.2. The fourth-order valence-corrected chi connectivity index (χ4v) is 2.13. The molecule has 2 rings (SSSR count). The van der Waals surface area contributed by atoms with E-state index < -0.39 is 17.5 Å². The average Bonchev–Trinajstić information content (AvgIpc) is 2.52. The van der Waals surface area contributed by atoms with Crippen LogP contribution >= 0.6 is 22.6 Å². The van der Waals surface area contributed by atoms with Crippen molar-refractivity contribution in [1.82, 2.24) is 0 Å². The van der Waals surface area contributed by atoms with E-state index in [0.717, 1.165) is 12.1 Å². The van der Waals surface area contributed by atoms with Gasteiger partial charge in [-0.3, -0.25) is 4.79 Å². The number of hydrogen-bond donors (Lipinski definition) is 1. The molecule has 23 heavy (non-hydrogen) atoms. The summed E-state index contributed by atoms with van der Waals surface area (Å²) < 4.78 is 37.7. The van der Waals surface area contributed by atoms with E-state index >= 15 is 0 Å². The number of methoxy groups -OCH3 is 1. The first-order valence-corrected chi connectivity index (χ1v) is 7.77. The Hall–Kier alpha value is -1.74. The topological polar surface area (TPSA) is 47.6 Å². The van der Waals surface area contributed by atoms with Crippen molar-refractivity contribution in [2.45, 2.75) is 0 Å². The molecule has 0 saturated heterocycles. The number of hydrogen-bond acceptors (Lipinski definition) is 3. The van der Waals surface area contributed by atoms with E-state index in [0.29, 0.717) is 15.9 Å². The van der Waals surface area contributed by atoms with Gasteiger partial charge in [-0.2, -0.15) is 0 Å². The molecular weight excluding hydrogens is 419 g/mol. The zero-order valence-electron chi connectivity index (χ0n) is 12.2. The van der Waals surface area contributed by atoms with Gasteiger partial charge >= 0.3 is 0 Å². The normalized spacial score (nSPS) is 10.4. The van der Waals surface area contributed by atoms with Crippen molar-refractivity contribution < 1.29 is 23.0 Å². The minimum atomic E-state index is -0.553. The van der Waals surface area contributed by atoms with Gasteiger partial charge in [0.05, 0.1) is 12.3 Å². The summed E-state index contributed by atoms with van der Waals surface area (Å²) in [5.41, 5.74) is 0.306. The lowest BCUT2D eigenvalue weighted by Gasteiger charge is -2.12. The first kappa shape index (κ1) is 17.6. The zero-order chi connectivity index (χ0) is 16.8. The Kier molecular flexibility index (Phi) is 6.28. The molecule has 0 fully saturated rings. The number of ether oxygens (including phenoxy) is 2. The highest BCUT2D eigenvalue weighted by Gasteiger charge is 2.13. The summed E-state index contributed by atoms with van der Waals surface area (Å²) in [6.45, 7) is 0.607. The van der Waals surface area contributed by atoms with Gasteiger partial charge in [0.1, 0.15) is 24.0 Å². The van der Waals surface area contributed by atoms with E-state index in [1.54, 1.807) is 0 Å². The van der Waals surface area contributed by atoms with Crippen LogP contribution < -0.4 is 10.1 Å². The average molecular weight is 433 g/mol. The molecule has 0 aromatic heterocycles. The second-order valence-corrected chi connectivity index (χ2v) is 5.73. The number of amides is 1. The second kappa shape index (κ2) is 8.21. The van der Waals surface area contributed by atoms with Crippen LogP contribution in [0.3, 0.4) is 0 Å².